The van der Waals surface area contributed by atoms with Crippen LogP contribution in [-0.2, 0) is 18.4 Å². The van der Waals surface area contributed by atoms with Gasteiger partial charge in [0.2, 0.25) is 0 Å². The van der Waals surface area contributed by atoms with E-state index in [4.69, 9.17) is 13.6 Å². The first kappa shape index (κ1) is 29.8. The summed E-state index contributed by atoms with van der Waals surface area (Å²) in [6, 6.07) is 0. The number of hydrogen-bond acceptors (Lipinski definition) is 4. The van der Waals surface area contributed by atoms with Crippen LogP contribution in [0.2, 0.25) is 36.3 Å². The fraction of sp³-hybridized carbons (Fsp3) is 0.885. The predicted molar refractivity (Wildman–Crippen MR) is 141 cm³/mol. The Morgan fingerprint density at radius 3 is 2.16 bits per heavy atom. The molecule has 0 radical (unpaired) electrons. The third-order valence-electron chi connectivity index (χ3n) is 8.06. The van der Waals surface area contributed by atoms with Gasteiger partial charge in [0, 0.05) is 6.42 Å². The zero-order valence-electron chi connectivity index (χ0n) is 23.2. The molecule has 0 amide bonds. The van der Waals surface area contributed by atoms with Crippen LogP contribution in [0, 0.1) is 0 Å². The van der Waals surface area contributed by atoms with Crippen LogP contribution in [-0.4, -0.2) is 47.3 Å². The molecule has 188 valence electrons. The Morgan fingerprint density at radius 1 is 1.09 bits per heavy atom. The third kappa shape index (κ3) is 8.50. The zero-order valence-corrected chi connectivity index (χ0v) is 25.2. The lowest BCUT2D eigenvalue weighted by molar-refractivity contribution is -0.118. The maximum absolute atomic E-state index is 11.5. The second-order valence-electron chi connectivity index (χ2n) is 13.0. The molecule has 1 saturated heterocycles. The van der Waals surface area contributed by atoms with E-state index in [0.717, 1.165) is 25.7 Å². The summed E-state index contributed by atoms with van der Waals surface area (Å²) in [7, 11) is -3.70. The minimum absolute atomic E-state index is 0.0440. The number of ether oxygens (including phenoxy) is 1. The van der Waals surface area contributed by atoms with E-state index in [1.165, 1.54) is 5.57 Å². The molecule has 0 aromatic carbocycles. The van der Waals surface area contributed by atoms with Gasteiger partial charge in [-0.05, 0) is 81.4 Å². The quantitative estimate of drug-likeness (QED) is 0.249. The standard InChI is InChI=1S/C26H52O4Si2/c1-21(27)14-13-18-26(8)23(30-32(11,12)25(5,6)7)16-15-22(20-28-26)17-19-29-31(9,10)24(2,3)4/h17,23H,13-16,18-20H2,1-12H3/b22-17+/t23-,26+/m1/s1. The van der Waals surface area contributed by atoms with Gasteiger partial charge in [0.15, 0.2) is 16.6 Å². The highest BCUT2D eigenvalue weighted by Crippen LogP contribution is 2.42. The molecule has 0 aromatic rings. The predicted octanol–water partition coefficient (Wildman–Crippen LogP) is 7.65. The molecule has 0 aliphatic carbocycles. The van der Waals surface area contributed by atoms with Gasteiger partial charge in [-0.25, -0.2) is 0 Å². The number of carbonyl (C=O) groups excluding carboxylic acids is 1. The summed E-state index contributed by atoms with van der Waals surface area (Å²) in [5, 5.41) is 0.359. The van der Waals surface area contributed by atoms with Crippen molar-refractivity contribution in [1.82, 2.24) is 0 Å². The first-order valence-corrected chi connectivity index (χ1v) is 18.3. The molecule has 0 spiro atoms. The second-order valence-corrected chi connectivity index (χ2v) is 22.6. The molecule has 6 heteroatoms. The van der Waals surface area contributed by atoms with Gasteiger partial charge < -0.3 is 18.4 Å². The Kier molecular flexibility index (Phi) is 10.2. The lowest BCUT2D eigenvalue weighted by Crippen LogP contribution is -2.52. The second kappa shape index (κ2) is 11.0. The summed E-state index contributed by atoms with van der Waals surface area (Å²) in [6.45, 7) is 28.0. The van der Waals surface area contributed by atoms with E-state index in [0.29, 0.717) is 19.6 Å². The normalized spacial score (nSPS) is 25.1. The fourth-order valence-electron chi connectivity index (χ4n) is 3.43. The van der Waals surface area contributed by atoms with E-state index in [9.17, 15) is 4.79 Å². The molecule has 2 atom stereocenters. The van der Waals surface area contributed by atoms with Crippen molar-refractivity contribution in [1.29, 1.82) is 0 Å². The Balaban J connectivity index is 2.99. The molecule has 1 aliphatic rings. The average molecular weight is 485 g/mol. The fourth-order valence-corrected chi connectivity index (χ4v) is 5.79. The molecule has 0 aromatic heterocycles. The monoisotopic (exact) mass is 484 g/mol. The van der Waals surface area contributed by atoms with Crippen molar-refractivity contribution in [2.75, 3.05) is 13.2 Å². The van der Waals surface area contributed by atoms with Crippen molar-refractivity contribution >= 4 is 22.4 Å². The van der Waals surface area contributed by atoms with E-state index >= 15 is 0 Å². The molecule has 1 rings (SSSR count). The average Bonchev–Trinajstić information content (AvgIpc) is 2.73. The number of Topliss-reactive ketones (excluding diaryl/α,β-unsaturated/α-hetero) is 1. The van der Waals surface area contributed by atoms with Gasteiger partial charge >= 0.3 is 0 Å². The molecular formula is C26H52O4Si2. The van der Waals surface area contributed by atoms with Crippen molar-refractivity contribution in [2.45, 2.75) is 135 Å². The summed E-state index contributed by atoms with van der Waals surface area (Å²) >= 11 is 0. The molecule has 1 aliphatic heterocycles. The van der Waals surface area contributed by atoms with Crippen LogP contribution in [0.3, 0.4) is 0 Å². The number of carbonyl (C=O) groups is 1. The Morgan fingerprint density at radius 2 is 1.66 bits per heavy atom. The van der Waals surface area contributed by atoms with Gasteiger partial charge in [-0.2, -0.15) is 0 Å². The summed E-state index contributed by atoms with van der Waals surface area (Å²) in [5.41, 5.74) is 0.934. The van der Waals surface area contributed by atoms with E-state index in [2.05, 4.69) is 80.7 Å². The van der Waals surface area contributed by atoms with Crippen LogP contribution in [0.1, 0.15) is 87.5 Å². The van der Waals surface area contributed by atoms with Gasteiger partial charge in [-0.3, -0.25) is 0 Å². The molecule has 0 N–H and O–H groups in total. The van der Waals surface area contributed by atoms with Gasteiger partial charge in [0.25, 0.3) is 0 Å². The van der Waals surface area contributed by atoms with Crippen LogP contribution in [0.5, 0.6) is 0 Å². The molecule has 0 unspecified atom stereocenters. The molecule has 4 nitrogen and oxygen atoms in total. The Bertz CT molecular complexity index is 656. The van der Waals surface area contributed by atoms with Gasteiger partial charge in [-0.15, -0.1) is 0 Å². The number of hydrogen-bond donors (Lipinski definition) is 0. The van der Waals surface area contributed by atoms with E-state index < -0.39 is 16.6 Å². The third-order valence-corrected chi connectivity index (χ3v) is 17.1. The zero-order chi connectivity index (χ0) is 25.0. The van der Waals surface area contributed by atoms with Gasteiger partial charge in [-0.1, -0.05) is 47.6 Å². The summed E-state index contributed by atoms with van der Waals surface area (Å²) in [6.07, 6.45) is 6.51. The van der Waals surface area contributed by atoms with Crippen LogP contribution in [0.15, 0.2) is 11.6 Å². The maximum atomic E-state index is 11.5. The minimum Gasteiger partial charge on any atom is -0.413 e. The first-order chi connectivity index (χ1) is 14.3. The number of ketones is 1. The largest absolute Gasteiger partial charge is 0.413 e. The molecule has 0 bridgehead atoms. The molecule has 1 heterocycles. The SMILES string of the molecule is CC(=O)CCC[C@]1(C)OC/C(=C/CO[Si](C)(C)C(C)(C)C)CC[C@H]1O[Si](C)(C)C(C)(C)C. The highest BCUT2D eigenvalue weighted by molar-refractivity contribution is 6.74. The van der Waals surface area contributed by atoms with Crippen molar-refractivity contribution < 1.29 is 18.4 Å². The van der Waals surface area contributed by atoms with Crippen molar-refractivity contribution in [3.8, 4) is 0 Å². The van der Waals surface area contributed by atoms with Crippen molar-refractivity contribution in [3.63, 3.8) is 0 Å². The van der Waals surface area contributed by atoms with Crippen LogP contribution in [0.4, 0.5) is 0 Å². The smallest absolute Gasteiger partial charge is 0.192 e. The van der Waals surface area contributed by atoms with Crippen LogP contribution < -0.4 is 0 Å². The molecule has 0 saturated carbocycles. The lowest BCUT2D eigenvalue weighted by atomic mass is 9.89. The highest BCUT2D eigenvalue weighted by Gasteiger charge is 2.45. The first-order valence-electron chi connectivity index (χ1n) is 12.4. The Labute approximate surface area is 201 Å². The summed E-state index contributed by atoms with van der Waals surface area (Å²) in [4.78, 5) is 11.5. The lowest BCUT2D eigenvalue weighted by Gasteiger charge is -2.44. The van der Waals surface area contributed by atoms with E-state index in [-0.39, 0.29) is 27.6 Å². The maximum Gasteiger partial charge on any atom is 0.192 e. The van der Waals surface area contributed by atoms with Crippen LogP contribution in [0.25, 0.3) is 0 Å². The van der Waals surface area contributed by atoms with E-state index in [1.54, 1.807) is 6.92 Å². The van der Waals surface area contributed by atoms with Crippen molar-refractivity contribution in [3.05, 3.63) is 11.6 Å². The van der Waals surface area contributed by atoms with Gasteiger partial charge in [0.1, 0.15) is 5.78 Å². The molecular weight excluding hydrogens is 432 g/mol. The summed E-state index contributed by atoms with van der Waals surface area (Å²) < 4.78 is 19.9. The Hall–Kier alpha value is -0.276. The summed E-state index contributed by atoms with van der Waals surface area (Å²) in [5.74, 6) is 0.243. The molecule has 1 fully saturated rings. The van der Waals surface area contributed by atoms with Gasteiger partial charge in [0.05, 0.1) is 24.9 Å². The molecule has 32 heavy (non-hydrogen) atoms. The minimum atomic E-state index is -1.94. The van der Waals surface area contributed by atoms with E-state index in [1.807, 2.05) is 0 Å². The van der Waals surface area contributed by atoms with Crippen molar-refractivity contribution in [2.24, 2.45) is 0 Å². The topological polar surface area (TPSA) is 44.8 Å². The van der Waals surface area contributed by atoms with Crippen LogP contribution >= 0.6 is 0 Å². The number of rotatable bonds is 9. The highest BCUT2D eigenvalue weighted by atomic mass is 28.4.